The van der Waals surface area contributed by atoms with Gasteiger partial charge in [-0.15, -0.1) is 0 Å². The largest absolute Gasteiger partial charge is 0.375 e. The number of hydrogen-bond acceptors (Lipinski definition) is 3. The van der Waals surface area contributed by atoms with Crippen LogP contribution in [0.5, 0.6) is 0 Å². The normalized spacial score (nSPS) is 11.8. The molecule has 0 aliphatic carbocycles. The van der Waals surface area contributed by atoms with E-state index in [0.29, 0.717) is 0 Å². The zero-order chi connectivity index (χ0) is 8.85. The summed E-state index contributed by atoms with van der Waals surface area (Å²) < 4.78 is 4.62. The van der Waals surface area contributed by atoms with Crippen molar-refractivity contribution in [1.82, 2.24) is 4.90 Å². The van der Waals surface area contributed by atoms with Gasteiger partial charge in [-0.3, -0.25) is 4.79 Å². The molecule has 0 saturated carbocycles. The molecule has 11 heavy (non-hydrogen) atoms. The first-order valence-corrected chi connectivity index (χ1v) is 3.27. The predicted octanol–water partition coefficient (Wildman–Crippen LogP) is 0.00328. The topological polar surface area (TPSA) is 53.3 Å². The number of carbonyl (C=O) groups is 1. The fourth-order valence-electron chi connectivity index (χ4n) is 0.528. The van der Waals surface area contributed by atoms with Crippen LogP contribution in [0.1, 0.15) is 6.92 Å². The Balaban J connectivity index is 3.93. The van der Waals surface area contributed by atoms with Crippen LogP contribution in [0.3, 0.4) is 0 Å². The van der Waals surface area contributed by atoms with Crippen LogP contribution in [0.2, 0.25) is 0 Å². The molecular formula is C7H12N2O2. The molecule has 0 bridgehead atoms. The molecule has 0 spiro atoms. The van der Waals surface area contributed by atoms with E-state index in [1.165, 1.54) is 12.0 Å². The summed E-state index contributed by atoms with van der Waals surface area (Å²) in [4.78, 5) is 12.3. The number of nitrogens with zero attached hydrogens (tertiary/aromatic N) is 2. The predicted molar refractivity (Wildman–Crippen MR) is 39.7 cm³/mol. The highest BCUT2D eigenvalue weighted by Crippen LogP contribution is 1.93. The average molecular weight is 156 g/mol. The SMILES string of the molecule is COCC(=O)N(C)C(C)C#N. The Morgan fingerprint density at radius 3 is 2.73 bits per heavy atom. The number of methoxy groups -OCH3 is 1. The van der Waals surface area contributed by atoms with Gasteiger partial charge in [0.05, 0.1) is 6.07 Å². The van der Waals surface area contributed by atoms with Gasteiger partial charge in [0.2, 0.25) is 5.91 Å². The summed E-state index contributed by atoms with van der Waals surface area (Å²) in [6.07, 6.45) is 0. The smallest absolute Gasteiger partial charge is 0.249 e. The first-order valence-electron chi connectivity index (χ1n) is 3.27. The number of ether oxygens (including phenoxy) is 1. The average Bonchev–Trinajstić information content (AvgIpc) is 2.02. The fraction of sp³-hybridized carbons (Fsp3) is 0.714. The highest BCUT2D eigenvalue weighted by atomic mass is 16.5. The van der Waals surface area contributed by atoms with E-state index in [4.69, 9.17) is 5.26 Å². The zero-order valence-electron chi connectivity index (χ0n) is 7.00. The molecule has 4 heteroatoms. The van der Waals surface area contributed by atoms with Crippen LogP contribution in [-0.4, -0.2) is 37.6 Å². The minimum atomic E-state index is -0.391. The van der Waals surface area contributed by atoms with Gasteiger partial charge in [-0.2, -0.15) is 5.26 Å². The lowest BCUT2D eigenvalue weighted by Crippen LogP contribution is -2.36. The molecule has 0 aromatic carbocycles. The third kappa shape index (κ3) is 3.01. The molecule has 0 N–H and O–H groups in total. The first kappa shape index (κ1) is 9.92. The number of nitriles is 1. The van der Waals surface area contributed by atoms with Gasteiger partial charge in [0.25, 0.3) is 0 Å². The molecule has 0 saturated heterocycles. The Labute approximate surface area is 66.4 Å². The van der Waals surface area contributed by atoms with Crippen molar-refractivity contribution in [3.05, 3.63) is 0 Å². The number of rotatable bonds is 3. The Morgan fingerprint density at radius 1 is 1.82 bits per heavy atom. The molecule has 0 aliphatic rings. The van der Waals surface area contributed by atoms with Gasteiger partial charge in [-0.05, 0) is 6.92 Å². The van der Waals surface area contributed by atoms with Crippen molar-refractivity contribution in [2.75, 3.05) is 20.8 Å². The highest BCUT2D eigenvalue weighted by molar-refractivity contribution is 5.77. The minimum absolute atomic E-state index is 0.0303. The Bertz CT molecular complexity index is 174. The van der Waals surface area contributed by atoms with E-state index in [0.717, 1.165) is 0 Å². The molecule has 0 rings (SSSR count). The summed E-state index contributed by atoms with van der Waals surface area (Å²) in [6, 6.07) is 1.56. The van der Waals surface area contributed by atoms with E-state index < -0.39 is 6.04 Å². The van der Waals surface area contributed by atoms with E-state index in [-0.39, 0.29) is 12.5 Å². The summed E-state index contributed by atoms with van der Waals surface area (Å²) >= 11 is 0. The van der Waals surface area contributed by atoms with E-state index in [9.17, 15) is 4.79 Å². The number of amides is 1. The van der Waals surface area contributed by atoms with Gasteiger partial charge in [-0.1, -0.05) is 0 Å². The maximum atomic E-state index is 11.0. The van der Waals surface area contributed by atoms with E-state index >= 15 is 0 Å². The standard InChI is InChI=1S/C7H12N2O2/c1-6(4-8)9(2)7(10)5-11-3/h6H,5H2,1-3H3. The number of hydrogen-bond donors (Lipinski definition) is 0. The van der Waals surface area contributed by atoms with Crippen LogP contribution in [0.25, 0.3) is 0 Å². The molecule has 1 unspecified atom stereocenters. The second-order valence-electron chi connectivity index (χ2n) is 2.24. The third-order valence-electron chi connectivity index (χ3n) is 1.43. The lowest BCUT2D eigenvalue weighted by molar-refractivity contribution is -0.134. The van der Waals surface area contributed by atoms with Crippen molar-refractivity contribution in [1.29, 1.82) is 5.26 Å². The van der Waals surface area contributed by atoms with Crippen molar-refractivity contribution >= 4 is 5.91 Å². The van der Waals surface area contributed by atoms with Crippen LogP contribution in [0.4, 0.5) is 0 Å². The maximum Gasteiger partial charge on any atom is 0.249 e. The Hall–Kier alpha value is -1.08. The van der Waals surface area contributed by atoms with Crippen LogP contribution in [-0.2, 0) is 9.53 Å². The monoisotopic (exact) mass is 156 g/mol. The molecule has 0 heterocycles. The lowest BCUT2D eigenvalue weighted by atomic mass is 10.3. The van der Waals surface area contributed by atoms with Crippen LogP contribution in [0, 0.1) is 11.3 Å². The van der Waals surface area contributed by atoms with Gasteiger partial charge in [0.1, 0.15) is 12.6 Å². The van der Waals surface area contributed by atoms with Gasteiger partial charge in [0, 0.05) is 14.2 Å². The summed E-state index contributed by atoms with van der Waals surface area (Å²) in [7, 11) is 3.03. The second-order valence-corrected chi connectivity index (χ2v) is 2.24. The molecule has 0 fully saturated rings. The number of carbonyl (C=O) groups excluding carboxylic acids is 1. The molecule has 62 valence electrons. The molecule has 0 aliphatic heterocycles. The Morgan fingerprint density at radius 2 is 2.36 bits per heavy atom. The van der Waals surface area contributed by atoms with Crippen LogP contribution in [0.15, 0.2) is 0 Å². The van der Waals surface area contributed by atoms with Crippen molar-refractivity contribution in [2.45, 2.75) is 13.0 Å². The fourth-order valence-corrected chi connectivity index (χ4v) is 0.528. The van der Waals surface area contributed by atoms with Gasteiger partial charge < -0.3 is 9.64 Å². The van der Waals surface area contributed by atoms with Crippen molar-refractivity contribution < 1.29 is 9.53 Å². The van der Waals surface area contributed by atoms with Crippen molar-refractivity contribution in [3.63, 3.8) is 0 Å². The molecule has 0 aromatic heterocycles. The minimum Gasteiger partial charge on any atom is -0.375 e. The summed E-state index contributed by atoms with van der Waals surface area (Å²) in [5, 5.41) is 8.44. The number of likely N-dealkylation sites (N-methyl/N-ethyl adjacent to an activating group) is 1. The summed E-state index contributed by atoms with van der Waals surface area (Å²) in [6.45, 7) is 1.69. The maximum absolute atomic E-state index is 11.0. The van der Waals surface area contributed by atoms with Gasteiger partial charge >= 0.3 is 0 Å². The van der Waals surface area contributed by atoms with Gasteiger partial charge in [0.15, 0.2) is 0 Å². The Kier molecular flexibility index (Phi) is 4.23. The first-order chi connectivity index (χ1) is 5.13. The molecule has 1 amide bonds. The van der Waals surface area contributed by atoms with Crippen molar-refractivity contribution in [2.24, 2.45) is 0 Å². The molecular weight excluding hydrogens is 144 g/mol. The van der Waals surface area contributed by atoms with E-state index in [1.807, 2.05) is 6.07 Å². The summed E-state index contributed by atoms with van der Waals surface area (Å²) in [5.41, 5.74) is 0. The van der Waals surface area contributed by atoms with Crippen LogP contribution >= 0.6 is 0 Å². The van der Waals surface area contributed by atoms with Gasteiger partial charge in [-0.25, -0.2) is 0 Å². The van der Waals surface area contributed by atoms with Crippen LogP contribution < -0.4 is 0 Å². The molecule has 0 radical (unpaired) electrons. The molecule has 4 nitrogen and oxygen atoms in total. The van der Waals surface area contributed by atoms with Crippen molar-refractivity contribution in [3.8, 4) is 6.07 Å². The molecule has 0 aromatic rings. The quantitative estimate of drug-likeness (QED) is 0.578. The third-order valence-corrected chi connectivity index (χ3v) is 1.43. The summed E-state index contributed by atoms with van der Waals surface area (Å²) in [5.74, 6) is -0.179. The zero-order valence-corrected chi connectivity index (χ0v) is 7.00. The second kappa shape index (κ2) is 4.69. The lowest BCUT2D eigenvalue weighted by Gasteiger charge is -2.18. The highest BCUT2D eigenvalue weighted by Gasteiger charge is 2.13. The van der Waals surface area contributed by atoms with E-state index in [2.05, 4.69) is 4.74 Å². The van der Waals surface area contributed by atoms with E-state index in [1.54, 1.807) is 14.0 Å². The molecule has 1 atom stereocenters.